The number of halogens is 1. The lowest BCUT2D eigenvalue weighted by Crippen LogP contribution is -2.31. The Bertz CT molecular complexity index is 1050. The molecule has 7 heteroatoms. The summed E-state index contributed by atoms with van der Waals surface area (Å²) in [7, 11) is 4.05. The van der Waals surface area contributed by atoms with Crippen LogP contribution in [0.25, 0.3) is 11.6 Å². The van der Waals surface area contributed by atoms with Crippen LogP contribution in [0.1, 0.15) is 53.1 Å². The van der Waals surface area contributed by atoms with Crippen molar-refractivity contribution in [3.05, 3.63) is 51.3 Å². The van der Waals surface area contributed by atoms with Crippen LogP contribution in [0.5, 0.6) is 0 Å². The van der Waals surface area contributed by atoms with Gasteiger partial charge in [0, 0.05) is 41.6 Å². The number of hydrogen-bond acceptors (Lipinski definition) is 3. The SMILES string of the molecule is CCN(CC)C(=O)c1c(C)[nH]c(/C=C2\C(=O)N(CCCN(C)C)c3ccc(Cl)cc32)c1C. The van der Waals surface area contributed by atoms with Gasteiger partial charge in [0.25, 0.3) is 11.8 Å². The summed E-state index contributed by atoms with van der Waals surface area (Å²) >= 11 is 6.28. The summed E-state index contributed by atoms with van der Waals surface area (Å²) < 4.78 is 0. The molecule has 1 aliphatic rings. The molecule has 3 rings (SSSR count). The molecule has 0 saturated carbocycles. The topological polar surface area (TPSA) is 59.7 Å². The van der Waals surface area contributed by atoms with Crippen molar-refractivity contribution >= 4 is 40.8 Å². The molecule has 0 fully saturated rings. The Labute approximate surface area is 195 Å². The van der Waals surface area contributed by atoms with Crippen molar-refractivity contribution in [2.24, 2.45) is 0 Å². The van der Waals surface area contributed by atoms with E-state index in [0.29, 0.717) is 35.8 Å². The molecule has 1 aromatic heterocycles. The van der Waals surface area contributed by atoms with Crippen molar-refractivity contribution in [1.82, 2.24) is 14.8 Å². The van der Waals surface area contributed by atoms with E-state index in [2.05, 4.69) is 9.88 Å². The third-order valence-corrected chi connectivity index (χ3v) is 6.27. The molecule has 1 aliphatic heterocycles. The fourth-order valence-electron chi connectivity index (χ4n) is 4.29. The van der Waals surface area contributed by atoms with E-state index >= 15 is 0 Å². The second-order valence-corrected chi connectivity index (χ2v) is 8.91. The number of carbonyl (C=O) groups is 2. The number of rotatable bonds is 8. The quantitative estimate of drug-likeness (QED) is 0.590. The average Bonchev–Trinajstić information content (AvgIpc) is 3.16. The molecule has 1 N–H and O–H groups in total. The first-order valence-electron chi connectivity index (χ1n) is 11.2. The van der Waals surface area contributed by atoms with Gasteiger partial charge in [0.15, 0.2) is 0 Å². The van der Waals surface area contributed by atoms with Gasteiger partial charge in [0.2, 0.25) is 0 Å². The van der Waals surface area contributed by atoms with E-state index in [-0.39, 0.29) is 11.8 Å². The van der Waals surface area contributed by atoms with Crippen LogP contribution in [0.2, 0.25) is 5.02 Å². The van der Waals surface area contributed by atoms with Gasteiger partial charge in [-0.3, -0.25) is 9.59 Å². The van der Waals surface area contributed by atoms with Gasteiger partial charge in [-0.05, 0) is 84.6 Å². The summed E-state index contributed by atoms with van der Waals surface area (Å²) in [5.41, 5.74) is 5.43. The highest BCUT2D eigenvalue weighted by Gasteiger charge is 2.33. The van der Waals surface area contributed by atoms with Gasteiger partial charge in [-0.15, -0.1) is 0 Å². The van der Waals surface area contributed by atoms with Crippen molar-refractivity contribution in [1.29, 1.82) is 0 Å². The molecular formula is C25H33ClN4O2. The molecule has 2 aromatic rings. The number of amides is 2. The van der Waals surface area contributed by atoms with Crippen molar-refractivity contribution in [2.45, 2.75) is 34.1 Å². The predicted molar refractivity (Wildman–Crippen MR) is 132 cm³/mol. The van der Waals surface area contributed by atoms with Gasteiger partial charge < -0.3 is 19.7 Å². The Hall–Kier alpha value is -2.57. The zero-order chi connectivity index (χ0) is 23.6. The van der Waals surface area contributed by atoms with E-state index < -0.39 is 0 Å². The Kier molecular flexibility index (Phi) is 7.47. The molecule has 0 unspecified atom stereocenters. The zero-order valence-corrected chi connectivity index (χ0v) is 20.6. The minimum Gasteiger partial charge on any atom is -0.358 e. The van der Waals surface area contributed by atoms with Crippen LogP contribution in [0.3, 0.4) is 0 Å². The highest BCUT2D eigenvalue weighted by atomic mass is 35.5. The number of aromatic nitrogens is 1. The van der Waals surface area contributed by atoms with Crippen LogP contribution in [-0.4, -0.2) is 66.9 Å². The monoisotopic (exact) mass is 456 g/mol. The number of hydrogen-bond donors (Lipinski definition) is 1. The molecule has 0 saturated heterocycles. The number of aryl methyl sites for hydroxylation is 1. The van der Waals surface area contributed by atoms with E-state index in [4.69, 9.17) is 11.6 Å². The van der Waals surface area contributed by atoms with Gasteiger partial charge in [-0.1, -0.05) is 11.6 Å². The molecule has 32 heavy (non-hydrogen) atoms. The molecule has 172 valence electrons. The van der Waals surface area contributed by atoms with Gasteiger partial charge in [0.1, 0.15) is 0 Å². The van der Waals surface area contributed by atoms with Gasteiger partial charge in [-0.2, -0.15) is 0 Å². The summed E-state index contributed by atoms with van der Waals surface area (Å²) in [5.74, 6) is -0.0262. The number of carbonyl (C=O) groups excluding carboxylic acids is 2. The van der Waals surface area contributed by atoms with Gasteiger partial charge in [-0.25, -0.2) is 0 Å². The van der Waals surface area contributed by atoms with E-state index in [1.54, 1.807) is 0 Å². The fraction of sp³-hybridized carbons (Fsp3) is 0.440. The first-order valence-corrected chi connectivity index (χ1v) is 11.5. The minimum atomic E-state index is -0.0377. The van der Waals surface area contributed by atoms with Crippen molar-refractivity contribution in [3.8, 4) is 0 Å². The van der Waals surface area contributed by atoms with Crippen molar-refractivity contribution in [3.63, 3.8) is 0 Å². The molecule has 0 spiro atoms. The first-order chi connectivity index (χ1) is 15.2. The number of nitrogens with one attached hydrogen (secondary N) is 1. The second-order valence-electron chi connectivity index (χ2n) is 8.47. The average molecular weight is 457 g/mol. The van der Waals surface area contributed by atoms with E-state index in [1.165, 1.54) is 0 Å². The molecule has 0 bridgehead atoms. The molecule has 0 aliphatic carbocycles. The highest BCUT2D eigenvalue weighted by Crippen LogP contribution is 2.40. The Morgan fingerprint density at radius 2 is 1.88 bits per heavy atom. The Morgan fingerprint density at radius 1 is 1.19 bits per heavy atom. The number of H-pyrrole nitrogens is 1. The number of aromatic amines is 1. The van der Waals surface area contributed by atoms with Gasteiger partial charge >= 0.3 is 0 Å². The van der Waals surface area contributed by atoms with Crippen molar-refractivity contribution in [2.75, 3.05) is 45.2 Å². The van der Waals surface area contributed by atoms with Crippen LogP contribution >= 0.6 is 11.6 Å². The number of fused-ring (bicyclic) bond motifs is 1. The first kappa shape index (κ1) is 24.1. The van der Waals surface area contributed by atoms with Crippen LogP contribution in [-0.2, 0) is 4.79 Å². The number of anilines is 1. The Morgan fingerprint density at radius 3 is 2.50 bits per heavy atom. The maximum atomic E-state index is 13.4. The summed E-state index contributed by atoms with van der Waals surface area (Å²) in [6.07, 6.45) is 2.74. The number of nitrogens with zero attached hydrogens (tertiary/aromatic N) is 3. The third kappa shape index (κ3) is 4.62. The van der Waals surface area contributed by atoms with Crippen LogP contribution in [0.4, 0.5) is 5.69 Å². The summed E-state index contributed by atoms with van der Waals surface area (Å²) in [5, 5.41) is 0.592. The number of benzene rings is 1. The molecule has 0 atom stereocenters. The standard InChI is InChI=1S/C25H33ClN4O2/c1-7-29(8-2)25(32)23-16(3)21(27-17(23)4)15-20-19-14-18(26)10-11-22(19)30(24(20)31)13-9-12-28(5)6/h10-11,14-15,27H,7-9,12-13H2,1-6H3/b20-15-. The maximum absolute atomic E-state index is 13.4. The molecule has 2 heterocycles. The summed E-state index contributed by atoms with van der Waals surface area (Å²) in [4.78, 5) is 35.5. The molecule has 0 radical (unpaired) electrons. The molecule has 6 nitrogen and oxygen atoms in total. The summed E-state index contributed by atoms with van der Waals surface area (Å²) in [6, 6.07) is 5.58. The predicted octanol–water partition coefficient (Wildman–Crippen LogP) is 4.61. The molecular weight excluding hydrogens is 424 g/mol. The fourth-order valence-corrected chi connectivity index (χ4v) is 4.46. The smallest absolute Gasteiger partial charge is 0.259 e. The maximum Gasteiger partial charge on any atom is 0.259 e. The summed E-state index contributed by atoms with van der Waals surface area (Å²) in [6.45, 7) is 10.6. The lowest BCUT2D eigenvalue weighted by Gasteiger charge is -2.19. The highest BCUT2D eigenvalue weighted by molar-refractivity contribution is 6.37. The largest absolute Gasteiger partial charge is 0.358 e. The van der Waals surface area contributed by atoms with E-state index in [9.17, 15) is 9.59 Å². The zero-order valence-electron chi connectivity index (χ0n) is 19.9. The van der Waals surface area contributed by atoms with E-state index in [1.807, 2.05) is 75.9 Å². The lowest BCUT2D eigenvalue weighted by molar-refractivity contribution is -0.113. The van der Waals surface area contributed by atoms with E-state index in [0.717, 1.165) is 41.2 Å². The lowest BCUT2D eigenvalue weighted by atomic mass is 10.0. The molecule has 2 amide bonds. The van der Waals surface area contributed by atoms with Crippen LogP contribution in [0, 0.1) is 13.8 Å². The molecule has 1 aromatic carbocycles. The van der Waals surface area contributed by atoms with Gasteiger partial charge in [0.05, 0.1) is 16.8 Å². The minimum absolute atomic E-state index is 0.0115. The van der Waals surface area contributed by atoms with Crippen LogP contribution in [0.15, 0.2) is 18.2 Å². The third-order valence-electron chi connectivity index (χ3n) is 6.03. The van der Waals surface area contributed by atoms with Crippen LogP contribution < -0.4 is 4.90 Å². The second kappa shape index (κ2) is 9.92. The van der Waals surface area contributed by atoms with Crippen molar-refractivity contribution < 1.29 is 9.59 Å². The normalized spacial score (nSPS) is 14.6. The Balaban J connectivity index is 2.02.